The Hall–Kier alpha value is -3.82. The van der Waals surface area contributed by atoms with Crippen LogP contribution in [0.25, 0.3) is 0 Å². The number of piperidine rings is 1. The molecule has 0 saturated carbocycles. The van der Waals surface area contributed by atoms with E-state index in [1.54, 1.807) is 37.3 Å². The van der Waals surface area contributed by atoms with Crippen LogP contribution in [0, 0.1) is 5.92 Å². The third-order valence-electron chi connectivity index (χ3n) is 7.39. The van der Waals surface area contributed by atoms with Gasteiger partial charge in [-0.3, -0.25) is 19.3 Å². The first kappa shape index (κ1) is 23.9. The summed E-state index contributed by atoms with van der Waals surface area (Å²) in [6.45, 7) is 1.85. The Balaban J connectivity index is 1.20. The van der Waals surface area contributed by atoms with Crippen molar-refractivity contribution in [1.82, 2.24) is 19.7 Å². The summed E-state index contributed by atoms with van der Waals surface area (Å²) in [6.07, 6.45) is 1.32. The molecule has 2 bridgehead atoms. The molecule has 1 N–H and O–H groups in total. The van der Waals surface area contributed by atoms with Crippen LogP contribution in [0.15, 0.2) is 41.2 Å². The molecule has 3 aliphatic rings. The van der Waals surface area contributed by atoms with Gasteiger partial charge in [-0.1, -0.05) is 12.1 Å². The molecule has 2 fully saturated rings. The van der Waals surface area contributed by atoms with E-state index in [2.05, 4.69) is 5.32 Å². The zero-order valence-corrected chi connectivity index (χ0v) is 20.4. The standard InChI is InChI=1S/C26H30N4O6/c1-35-21-7-6-16(11-22(21)36-2)8-9-29-25(33)19(27-26(29)34)12-24(32)28-13-17-10-18(15-28)20-4-3-5-23(31)30(20)14-17/h3-7,11,17-19H,8-10,12-15H2,1-2H3,(H,27,34)/t17-,18+,19+/m1/s1. The van der Waals surface area contributed by atoms with E-state index < -0.39 is 12.1 Å². The number of ether oxygens (including phenoxy) is 2. The van der Waals surface area contributed by atoms with E-state index in [1.165, 1.54) is 4.90 Å². The number of urea groups is 1. The van der Waals surface area contributed by atoms with Crippen LogP contribution < -0.4 is 20.3 Å². The molecular formula is C26H30N4O6. The number of nitrogens with one attached hydrogen (secondary N) is 1. The first-order valence-electron chi connectivity index (χ1n) is 12.2. The largest absolute Gasteiger partial charge is 0.493 e. The summed E-state index contributed by atoms with van der Waals surface area (Å²) in [5.74, 6) is 0.941. The normalized spacial score (nSPS) is 22.8. The van der Waals surface area contributed by atoms with Gasteiger partial charge < -0.3 is 24.3 Å². The zero-order chi connectivity index (χ0) is 25.4. The summed E-state index contributed by atoms with van der Waals surface area (Å²) in [4.78, 5) is 53.8. The molecule has 0 aliphatic carbocycles. The summed E-state index contributed by atoms with van der Waals surface area (Å²) in [5.41, 5.74) is 1.85. The summed E-state index contributed by atoms with van der Waals surface area (Å²) in [6, 6.07) is 9.39. The van der Waals surface area contributed by atoms with Crippen LogP contribution in [0.2, 0.25) is 0 Å². The highest BCUT2D eigenvalue weighted by molar-refractivity contribution is 6.05. The lowest BCUT2D eigenvalue weighted by molar-refractivity contribution is -0.137. The molecule has 4 heterocycles. The highest BCUT2D eigenvalue weighted by atomic mass is 16.5. The van der Waals surface area contributed by atoms with E-state index in [4.69, 9.17) is 9.47 Å². The molecule has 5 rings (SSSR count). The Morgan fingerprint density at radius 2 is 1.83 bits per heavy atom. The summed E-state index contributed by atoms with van der Waals surface area (Å²) >= 11 is 0. The second-order valence-electron chi connectivity index (χ2n) is 9.63. The number of fused-ring (bicyclic) bond motifs is 4. The molecule has 10 nitrogen and oxygen atoms in total. The van der Waals surface area contributed by atoms with Crippen LogP contribution in [0.4, 0.5) is 4.79 Å². The second-order valence-corrected chi connectivity index (χ2v) is 9.63. The molecule has 0 radical (unpaired) electrons. The fourth-order valence-corrected chi connectivity index (χ4v) is 5.61. The van der Waals surface area contributed by atoms with Crippen molar-refractivity contribution in [2.24, 2.45) is 5.92 Å². The molecule has 36 heavy (non-hydrogen) atoms. The maximum absolute atomic E-state index is 13.1. The number of amides is 4. The van der Waals surface area contributed by atoms with Crippen LogP contribution >= 0.6 is 0 Å². The quantitative estimate of drug-likeness (QED) is 0.582. The van der Waals surface area contributed by atoms with E-state index in [0.29, 0.717) is 37.6 Å². The highest BCUT2D eigenvalue weighted by Crippen LogP contribution is 2.35. The van der Waals surface area contributed by atoms with Gasteiger partial charge >= 0.3 is 6.03 Å². The lowest BCUT2D eigenvalue weighted by Crippen LogP contribution is -2.50. The number of pyridine rings is 1. The minimum Gasteiger partial charge on any atom is -0.493 e. The van der Waals surface area contributed by atoms with Crippen molar-refractivity contribution in [3.05, 3.63) is 58.0 Å². The predicted molar refractivity (Wildman–Crippen MR) is 130 cm³/mol. The van der Waals surface area contributed by atoms with E-state index >= 15 is 0 Å². The number of methoxy groups -OCH3 is 2. The average Bonchev–Trinajstić information content (AvgIpc) is 3.14. The number of nitrogens with zero attached hydrogens (tertiary/aromatic N) is 3. The van der Waals surface area contributed by atoms with Crippen LogP contribution in [0.5, 0.6) is 11.5 Å². The number of carbonyl (C=O) groups is 3. The maximum atomic E-state index is 13.1. The van der Waals surface area contributed by atoms with Crippen LogP contribution in [-0.2, 0) is 22.6 Å². The molecule has 190 valence electrons. The Morgan fingerprint density at radius 1 is 1.03 bits per heavy atom. The number of likely N-dealkylation sites (tertiary alicyclic amines) is 1. The number of benzene rings is 1. The lowest BCUT2D eigenvalue weighted by Gasteiger charge is -2.43. The molecule has 3 atom stereocenters. The molecule has 2 aromatic rings. The van der Waals surface area contributed by atoms with Gasteiger partial charge in [0.15, 0.2) is 11.5 Å². The Labute approximate surface area is 208 Å². The molecule has 10 heteroatoms. The number of imide groups is 1. The van der Waals surface area contributed by atoms with Crippen molar-refractivity contribution < 1.29 is 23.9 Å². The van der Waals surface area contributed by atoms with Crippen LogP contribution in [0.1, 0.15) is 30.0 Å². The number of carbonyl (C=O) groups excluding carboxylic acids is 3. The minimum atomic E-state index is -0.868. The van der Waals surface area contributed by atoms with E-state index in [0.717, 1.165) is 17.7 Å². The molecule has 0 unspecified atom stereocenters. The molecule has 3 aliphatic heterocycles. The number of hydrogen-bond donors (Lipinski definition) is 1. The van der Waals surface area contributed by atoms with Gasteiger partial charge in [-0.15, -0.1) is 0 Å². The fourth-order valence-electron chi connectivity index (χ4n) is 5.61. The Morgan fingerprint density at radius 3 is 2.61 bits per heavy atom. The van der Waals surface area contributed by atoms with Gasteiger partial charge in [-0.25, -0.2) is 4.79 Å². The SMILES string of the molecule is COc1ccc(CCN2C(=O)N[C@@H](CC(=O)N3C[C@H]4C[C@@H](C3)c3cccc(=O)n3C4)C2=O)cc1OC. The first-order valence-corrected chi connectivity index (χ1v) is 12.2. The molecule has 4 amide bonds. The van der Waals surface area contributed by atoms with E-state index in [1.807, 2.05) is 22.8 Å². The van der Waals surface area contributed by atoms with Crippen molar-refractivity contribution in [2.45, 2.75) is 37.8 Å². The highest BCUT2D eigenvalue weighted by Gasteiger charge is 2.41. The van der Waals surface area contributed by atoms with Crippen molar-refractivity contribution in [1.29, 1.82) is 0 Å². The fraction of sp³-hybridized carbons (Fsp3) is 0.462. The van der Waals surface area contributed by atoms with Crippen molar-refractivity contribution in [3.8, 4) is 11.5 Å². The van der Waals surface area contributed by atoms with Gasteiger partial charge in [0.1, 0.15) is 6.04 Å². The lowest BCUT2D eigenvalue weighted by atomic mass is 9.83. The van der Waals surface area contributed by atoms with Gasteiger partial charge in [0, 0.05) is 43.9 Å². The summed E-state index contributed by atoms with van der Waals surface area (Å²) in [5, 5.41) is 2.67. The van der Waals surface area contributed by atoms with Crippen molar-refractivity contribution in [2.75, 3.05) is 33.9 Å². The van der Waals surface area contributed by atoms with Gasteiger partial charge in [-0.05, 0) is 42.5 Å². The maximum Gasteiger partial charge on any atom is 0.324 e. The van der Waals surface area contributed by atoms with Crippen LogP contribution in [0.3, 0.4) is 0 Å². The van der Waals surface area contributed by atoms with Crippen molar-refractivity contribution in [3.63, 3.8) is 0 Å². The smallest absolute Gasteiger partial charge is 0.324 e. The van der Waals surface area contributed by atoms with Crippen LogP contribution in [-0.4, -0.2) is 72.1 Å². The van der Waals surface area contributed by atoms with Gasteiger partial charge in [0.2, 0.25) is 5.91 Å². The molecular weight excluding hydrogens is 464 g/mol. The third-order valence-corrected chi connectivity index (χ3v) is 7.39. The summed E-state index contributed by atoms with van der Waals surface area (Å²) < 4.78 is 12.4. The van der Waals surface area contributed by atoms with E-state index in [-0.39, 0.29) is 42.2 Å². The van der Waals surface area contributed by atoms with Gasteiger partial charge in [-0.2, -0.15) is 0 Å². The number of hydrogen-bond acceptors (Lipinski definition) is 6. The number of rotatable bonds is 7. The Bertz CT molecular complexity index is 1260. The zero-order valence-electron chi connectivity index (χ0n) is 20.4. The molecule has 1 aromatic heterocycles. The topological polar surface area (TPSA) is 110 Å². The first-order chi connectivity index (χ1) is 17.4. The van der Waals surface area contributed by atoms with Gasteiger partial charge in [0.25, 0.3) is 11.5 Å². The molecule has 1 aromatic carbocycles. The average molecular weight is 495 g/mol. The molecule has 2 saturated heterocycles. The Kier molecular flexibility index (Phi) is 6.42. The molecule has 0 spiro atoms. The van der Waals surface area contributed by atoms with Gasteiger partial charge in [0.05, 0.1) is 20.6 Å². The number of aromatic nitrogens is 1. The minimum absolute atomic E-state index is 0.00517. The summed E-state index contributed by atoms with van der Waals surface area (Å²) in [7, 11) is 3.11. The monoisotopic (exact) mass is 494 g/mol. The van der Waals surface area contributed by atoms with E-state index in [9.17, 15) is 19.2 Å². The van der Waals surface area contributed by atoms with Crippen molar-refractivity contribution >= 4 is 17.8 Å². The third kappa shape index (κ3) is 4.43. The predicted octanol–water partition coefficient (Wildman–Crippen LogP) is 1.36. The second kappa shape index (κ2) is 9.67.